The number of rotatable bonds is 2. The van der Waals surface area contributed by atoms with E-state index in [4.69, 9.17) is 5.73 Å². The molecule has 0 fully saturated rings. The highest BCUT2D eigenvalue weighted by Crippen LogP contribution is 2.15. The molecule has 2 rings (SSSR count). The number of aromatic nitrogens is 4. The molecule has 0 amide bonds. The van der Waals surface area contributed by atoms with Crippen molar-refractivity contribution in [3.63, 3.8) is 0 Å². The van der Waals surface area contributed by atoms with E-state index in [2.05, 4.69) is 15.1 Å². The molecule has 0 saturated heterocycles. The van der Waals surface area contributed by atoms with Gasteiger partial charge in [-0.2, -0.15) is 5.10 Å². The van der Waals surface area contributed by atoms with Crippen molar-refractivity contribution in [1.29, 1.82) is 0 Å². The van der Waals surface area contributed by atoms with Crippen LogP contribution in [0.25, 0.3) is 5.82 Å². The maximum absolute atomic E-state index is 5.71. The Balaban J connectivity index is 2.64. The van der Waals surface area contributed by atoms with E-state index in [9.17, 15) is 0 Å². The maximum atomic E-state index is 5.71. The monoisotopic (exact) mass is 203 g/mol. The van der Waals surface area contributed by atoms with Crippen molar-refractivity contribution >= 4 is 0 Å². The van der Waals surface area contributed by atoms with Gasteiger partial charge >= 0.3 is 0 Å². The quantitative estimate of drug-likeness (QED) is 0.781. The van der Waals surface area contributed by atoms with Gasteiger partial charge in [-0.05, 0) is 25.5 Å². The maximum Gasteiger partial charge on any atom is 0.160 e. The van der Waals surface area contributed by atoms with Crippen molar-refractivity contribution in [2.45, 2.75) is 20.4 Å². The summed E-state index contributed by atoms with van der Waals surface area (Å²) in [6, 6.07) is 2.02. The predicted molar refractivity (Wildman–Crippen MR) is 56.5 cm³/mol. The zero-order valence-corrected chi connectivity index (χ0v) is 8.81. The molecule has 78 valence electrons. The molecule has 0 atom stereocenters. The van der Waals surface area contributed by atoms with Gasteiger partial charge in [0, 0.05) is 17.8 Å². The third-order valence-corrected chi connectivity index (χ3v) is 2.29. The highest BCUT2D eigenvalue weighted by atomic mass is 15.3. The Hall–Kier alpha value is -1.75. The first-order chi connectivity index (χ1) is 7.22. The molecular formula is C10H13N5. The molecule has 0 saturated carbocycles. The van der Waals surface area contributed by atoms with E-state index in [1.807, 2.05) is 19.9 Å². The van der Waals surface area contributed by atoms with Gasteiger partial charge in [-0.15, -0.1) is 0 Å². The highest BCUT2D eigenvalue weighted by molar-refractivity contribution is 5.40. The predicted octanol–water partition coefficient (Wildman–Crippen LogP) is 0.738. The van der Waals surface area contributed by atoms with Crippen LogP contribution >= 0.6 is 0 Å². The molecule has 0 spiro atoms. The molecule has 0 aliphatic heterocycles. The Morgan fingerprint density at radius 2 is 2.20 bits per heavy atom. The van der Waals surface area contributed by atoms with Crippen LogP contribution in [0.15, 0.2) is 18.7 Å². The molecular weight excluding hydrogens is 190 g/mol. The summed E-state index contributed by atoms with van der Waals surface area (Å²) < 4.78 is 1.64. The molecule has 5 nitrogen and oxygen atoms in total. The van der Waals surface area contributed by atoms with Gasteiger partial charge in [0.25, 0.3) is 0 Å². The fraction of sp³-hybridized carbons (Fsp3) is 0.300. The van der Waals surface area contributed by atoms with Crippen LogP contribution < -0.4 is 5.73 Å². The molecule has 0 aliphatic rings. The summed E-state index contributed by atoms with van der Waals surface area (Å²) in [6.45, 7) is 4.43. The fourth-order valence-electron chi connectivity index (χ4n) is 1.60. The van der Waals surface area contributed by atoms with Crippen LogP contribution in [0.2, 0.25) is 0 Å². The van der Waals surface area contributed by atoms with Gasteiger partial charge in [0.15, 0.2) is 5.82 Å². The summed E-state index contributed by atoms with van der Waals surface area (Å²) in [4.78, 5) is 8.33. The lowest BCUT2D eigenvalue weighted by Crippen LogP contribution is -2.10. The Morgan fingerprint density at radius 1 is 1.40 bits per heavy atom. The Morgan fingerprint density at radius 3 is 2.80 bits per heavy atom. The van der Waals surface area contributed by atoms with E-state index >= 15 is 0 Å². The minimum atomic E-state index is 0.453. The van der Waals surface area contributed by atoms with Crippen LogP contribution in [0, 0.1) is 13.8 Å². The normalized spacial score (nSPS) is 10.6. The zero-order valence-electron chi connectivity index (χ0n) is 8.81. The number of nitrogens with zero attached hydrogens (tertiary/aromatic N) is 4. The summed E-state index contributed by atoms with van der Waals surface area (Å²) in [6.07, 6.45) is 3.11. The van der Waals surface area contributed by atoms with Gasteiger partial charge in [-0.1, -0.05) is 0 Å². The molecule has 2 aromatic heterocycles. The number of hydrogen-bond donors (Lipinski definition) is 1. The minimum absolute atomic E-state index is 0.453. The van der Waals surface area contributed by atoms with Crippen LogP contribution in [0.4, 0.5) is 0 Å². The molecule has 2 aromatic rings. The second-order valence-electron chi connectivity index (χ2n) is 3.43. The first-order valence-electron chi connectivity index (χ1n) is 4.74. The van der Waals surface area contributed by atoms with E-state index < -0.39 is 0 Å². The topological polar surface area (TPSA) is 69.6 Å². The summed E-state index contributed by atoms with van der Waals surface area (Å²) in [5, 5.41) is 4.06. The summed E-state index contributed by atoms with van der Waals surface area (Å²) >= 11 is 0. The van der Waals surface area contributed by atoms with E-state index in [0.717, 1.165) is 22.6 Å². The van der Waals surface area contributed by atoms with E-state index in [-0.39, 0.29) is 0 Å². The number of nitrogens with two attached hydrogens (primary N) is 1. The van der Waals surface area contributed by atoms with Crippen molar-refractivity contribution in [2.75, 3.05) is 0 Å². The molecule has 0 radical (unpaired) electrons. The van der Waals surface area contributed by atoms with Gasteiger partial charge in [0.1, 0.15) is 12.7 Å². The van der Waals surface area contributed by atoms with Gasteiger partial charge in [-0.25, -0.2) is 14.6 Å². The van der Waals surface area contributed by atoms with E-state index in [1.54, 1.807) is 11.0 Å². The molecule has 0 bridgehead atoms. The third-order valence-electron chi connectivity index (χ3n) is 2.29. The van der Waals surface area contributed by atoms with Crippen molar-refractivity contribution in [1.82, 2.24) is 19.7 Å². The van der Waals surface area contributed by atoms with Crippen molar-refractivity contribution in [3.8, 4) is 5.82 Å². The minimum Gasteiger partial charge on any atom is -0.326 e. The van der Waals surface area contributed by atoms with Crippen LogP contribution in [0.5, 0.6) is 0 Å². The molecule has 2 heterocycles. The SMILES string of the molecule is Cc1cc(C)c(CN)c(-n2cncn2)n1. The first kappa shape index (κ1) is 9.79. The molecule has 5 heteroatoms. The van der Waals surface area contributed by atoms with Gasteiger partial charge in [-0.3, -0.25) is 0 Å². The second kappa shape index (κ2) is 3.78. The van der Waals surface area contributed by atoms with Gasteiger partial charge in [0.2, 0.25) is 0 Å². The van der Waals surface area contributed by atoms with Crippen molar-refractivity contribution < 1.29 is 0 Å². The van der Waals surface area contributed by atoms with Crippen LogP contribution in [-0.4, -0.2) is 19.7 Å². The average Bonchev–Trinajstić information content (AvgIpc) is 2.69. The van der Waals surface area contributed by atoms with E-state index in [1.165, 1.54) is 6.33 Å². The summed E-state index contributed by atoms with van der Waals surface area (Å²) in [5.74, 6) is 0.771. The summed E-state index contributed by atoms with van der Waals surface area (Å²) in [7, 11) is 0. The lowest BCUT2D eigenvalue weighted by molar-refractivity contribution is 0.811. The molecule has 2 N–H and O–H groups in total. The van der Waals surface area contributed by atoms with Gasteiger partial charge < -0.3 is 5.73 Å². The fourth-order valence-corrected chi connectivity index (χ4v) is 1.60. The van der Waals surface area contributed by atoms with Crippen LogP contribution in [0.3, 0.4) is 0 Å². The van der Waals surface area contributed by atoms with Crippen LogP contribution in [-0.2, 0) is 6.54 Å². The first-order valence-corrected chi connectivity index (χ1v) is 4.74. The number of hydrogen-bond acceptors (Lipinski definition) is 4. The zero-order chi connectivity index (χ0) is 10.8. The molecule has 0 aromatic carbocycles. The number of pyridine rings is 1. The largest absolute Gasteiger partial charge is 0.326 e. The highest BCUT2D eigenvalue weighted by Gasteiger charge is 2.09. The Labute approximate surface area is 88.0 Å². The van der Waals surface area contributed by atoms with Crippen molar-refractivity contribution in [3.05, 3.63) is 35.5 Å². The molecule has 0 aliphatic carbocycles. The van der Waals surface area contributed by atoms with Gasteiger partial charge in [0.05, 0.1) is 0 Å². The summed E-state index contributed by atoms with van der Waals surface area (Å²) in [5.41, 5.74) is 8.80. The molecule has 0 unspecified atom stereocenters. The third kappa shape index (κ3) is 1.73. The lowest BCUT2D eigenvalue weighted by atomic mass is 10.1. The van der Waals surface area contributed by atoms with Crippen molar-refractivity contribution in [2.24, 2.45) is 5.73 Å². The van der Waals surface area contributed by atoms with E-state index in [0.29, 0.717) is 6.54 Å². The second-order valence-corrected chi connectivity index (χ2v) is 3.43. The Bertz CT molecular complexity index is 461. The average molecular weight is 203 g/mol. The lowest BCUT2D eigenvalue weighted by Gasteiger charge is -2.10. The smallest absolute Gasteiger partial charge is 0.160 e. The Kier molecular flexibility index (Phi) is 2.47. The standard InChI is InChI=1S/C10H13N5/c1-7-3-8(2)14-10(9(7)4-11)15-6-12-5-13-15/h3,5-6H,4,11H2,1-2H3. The number of aryl methyl sites for hydroxylation is 2. The van der Waals surface area contributed by atoms with Crippen LogP contribution in [0.1, 0.15) is 16.8 Å². The molecule has 15 heavy (non-hydrogen) atoms.